The van der Waals surface area contributed by atoms with Gasteiger partial charge in [0.1, 0.15) is 0 Å². The van der Waals surface area contributed by atoms with Crippen molar-refractivity contribution in [3.8, 4) is 0 Å². The molecule has 1 amide bonds. The summed E-state index contributed by atoms with van der Waals surface area (Å²) in [5.41, 5.74) is 2.71. The normalized spacial score (nSPS) is 17.6. The van der Waals surface area contributed by atoms with Crippen molar-refractivity contribution >= 4 is 11.7 Å². The van der Waals surface area contributed by atoms with E-state index in [0.717, 1.165) is 42.8 Å². The minimum Gasteiger partial charge on any atom is -0.341 e. The zero-order valence-corrected chi connectivity index (χ0v) is 17.4. The molecule has 5 nitrogen and oxygen atoms in total. The molecule has 156 valence electrons. The lowest BCUT2D eigenvalue weighted by atomic mass is 9.96. The number of rotatable bonds is 8. The van der Waals surface area contributed by atoms with Gasteiger partial charge in [-0.15, -0.1) is 6.58 Å². The molecule has 5 heteroatoms. The van der Waals surface area contributed by atoms with E-state index in [9.17, 15) is 9.59 Å². The molecule has 0 radical (unpaired) electrons. The number of fused-ring (bicyclic) bond motifs is 1. The average Bonchev–Trinajstić information content (AvgIpc) is 3.35. The minimum atomic E-state index is 0.129. The Morgan fingerprint density at radius 2 is 1.90 bits per heavy atom. The van der Waals surface area contributed by atoms with Crippen LogP contribution in [-0.4, -0.2) is 52.2 Å². The topological polar surface area (TPSA) is 45.6 Å². The van der Waals surface area contributed by atoms with Crippen LogP contribution in [0.25, 0.3) is 0 Å². The molecule has 0 unspecified atom stereocenters. The lowest BCUT2D eigenvalue weighted by molar-refractivity contribution is 0.0795. The molecule has 1 fully saturated rings. The summed E-state index contributed by atoms with van der Waals surface area (Å²) in [4.78, 5) is 29.2. The first-order valence-corrected chi connectivity index (χ1v) is 10.7. The molecule has 0 bridgehead atoms. The summed E-state index contributed by atoms with van der Waals surface area (Å²) in [6.07, 6.45) is 10.2. The fourth-order valence-corrected chi connectivity index (χ4v) is 4.40. The number of allylic oxidation sites excluding steroid dienone is 2. The van der Waals surface area contributed by atoms with E-state index >= 15 is 0 Å². The summed E-state index contributed by atoms with van der Waals surface area (Å²) in [5.74, 6) is 0.814. The molecule has 2 aliphatic heterocycles. The summed E-state index contributed by atoms with van der Waals surface area (Å²) >= 11 is 0. The van der Waals surface area contributed by atoms with Gasteiger partial charge in [-0.05, 0) is 55.6 Å². The van der Waals surface area contributed by atoms with Crippen LogP contribution in [0.4, 0.5) is 0 Å². The fraction of sp³-hybridized carbons (Fsp3) is 0.360. The Bertz CT molecular complexity index is 951. The molecule has 1 aromatic carbocycles. The monoisotopic (exact) mass is 403 g/mol. The highest BCUT2D eigenvalue weighted by molar-refractivity contribution is 5.98. The second kappa shape index (κ2) is 9.26. The summed E-state index contributed by atoms with van der Waals surface area (Å²) in [6.45, 7) is 8.10. The molecule has 4 rings (SSSR count). The second-order valence-corrected chi connectivity index (χ2v) is 8.14. The van der Waals surface area contributed by atoms with Crippen molar-refractivity contribution in [2.75, 3.05) is 26.2 Å². The van der Waals surface area contributed by atoms with E-state index in [1.807, 2.05) is 58.1 Å². The Labute approximate surface area is 178 Å². The van der Waals surface area contributed by atoms with Crippen LogP contribution in [0, 0.1) is 5.92 Å². The van der Waals surface area contributed by atoms with E-state index in [4.69, 9.17) is 0 Å². The number of likely N-dealkylation sites (tertiary alicyclic amines) is 1. The van der Waals surface area contributed by atoms with Crippen molar-refractivity contribution in [2.45, 2.75) is 25.9 Å². The lowest BCUT2D eigenvalue weighted by Gasteiger charge is -2.30. The lowest BCUT2D eigenvalue weighted by Crippen LogP contribution is -2.37. The predicted octanol–water partition coefficient (Wildman–Crippen LogP) is 3.78. The van der Waals surface area contributed by atoms with Gasteiger partial charge in [-0.2, -0.15) is 0 Å². The molecule has 1 aromatic heterocycles. The van der Waals surface area contributed by atoms with E-state index in [-0.39, 0.29) is 11.7 Å². The summed E-state index contributed by atoms with van der Waals surface area (Å²) in [6, 6.07) is 11.7. The molecule has 2 aromatic rings. The van der Waals surface area contributed by atoms with Crippen LogP contribution in [-0.2, 0) is 13.1 Å². The number of piperidine rings is 1. The van der Waals surface area contributed by atoms with Gasteiger partial charge in [-0.1, -0.05) is 36.4 Å². The number of ketones is 1. The number of aromatic nitrogens is 1. The maximum Gasteiger partial charge on any atom is 0.254 e. The van der Waals surface area contributed by atoms with E-state index in [2.05, 4.69) is 23.6 Å². The van der Waals surface area contributed by atoms with Crippen LogP contribution in [0.1, 0.15) is 39.3 Å². The Hall–Kier alpha value is -2.92. The Kier molecular flexibility index (Phi) is 6.29. The molecular weight excluding hydrogens is 374 g/mol. The van der Waals surface area contributed by atoms with Crippen LogP contribution in [0.15, 0.2) is 67.4 Å². The average molecular weight is 404 g/mol. The number of benzene rings is 1. The largest absolute Gasteiger partial charge is 0.341 e. The van der Waals surface area contributed by atoms with Crippen molar-refractivity contribution < 1.29 is 9.59 Å². The van der Waals surface area contributed by atoms with Gasteiger partial charge in [0.25, 0.3) is 5.91 Å². The third kappa shape index (κ3) is 4.46. The van der Waals surface area contributed by atoms with Crippen molar-refractivity contribution in [2.24, 2.45) is 5.92 Å². The summed E-state index contributed by atoms with van der Waals surface area (Å²) in [5, 5.41) is 0. The second-order valence-electron chi connectivity index (χ2n) is 8.14. The first-order chi connectivity index (χ1) is 14.7. The van der Waals surface area contributed by atoms with Gasteiger partial charge in [-0.3, -0.25) is 14.5 Å². The first-order valence-electron chi connectivity index (χ1n) is 10.7. The molecule has 30 heavy (non-hydrogen) atoms. The zero-order valence-electron chi connectivity index (χ0n) is 17.4. The highest BCUT2D eigenvalue weighted by Gasteiger charge is 2.26. The molecule has 0 atom stereocenters. The van der Waals surface area contributed by atoms with Crippen molar-refractivity contribution in [1.82, 2.24) is 14.4 Å². The van der Waals surface area contributed by atoms with Crippen LogP contribution < -0.4 is 0 Å². The third-order valence-corrected chi connectivity index (χ3v) is 6.07. The summed E-state index contributed by atoms with van der Waals surface area (Å²) in [7, 11) is 0. The number of carbonyl (C=O) groups excluding carboxylic acids is 2. The number of hydrogen-bond acceptors (Lipinski definition) is 3. The highest BCUT2D eigenvalue weighted by Crippen LogP contribution is 2.23. The van der Waals surface area contributed by atoms with Crippen molar-refractivity contribution in [1.29, 1.82) is 0 Å². The van der Waals surface area contributed by atoms with Gasteiger partial charge < -0.3 is 9.47 Å². The standard InChI is InChI=1S/C25H29N3O2/c1-2-13-27-14-6-10-23(27)24(29)19-26-16-11-20(12-17-26)7-5-15-28-18-21-8-3-4-9-22(21)25(28)30/h2-10,14,20H,1,11-13,15-19H2. The quantitative estimate of drug-likeness (QED) is 0.498. The third-order valence-electron chi connectivity index (χ3n) is 6.07. The minimum absolute atomic E-state index is 0.129. The van der Waals surface area contributed by atoms with Gasteiger partial charge in [0.05, 0.1) is 12.2 Å². The smallest absolute Gasteiger partial charge is 0.254 e. The van der Waals surface area contributed by atoms with Crippen LogP contribution in [0.5, 0.6) is 0 Å². The molecule has 1 saturated heterocycles. The van der Waals surface area contributed by atoms with Crippen LogP contribution >= 0.6 is 0 Å². The van der Waals surface area contributed by atoms with Gasteiger partial charge in [0, 0.05) is 31.4 Å². The van der Waals surface area contributed by atoms with Crippen LogP contribution in [0.3, 0.4) is 0 Å². The number of carbonyl (C=O) groups is 2. The van der Waals surface area contributed by atoms with E-state index < -0.39 is 0 Å². The molecule has 2 aliphatic rings. The Morgan fingerprint density at radius 1 is 1.10 bits per heavy atom. The molecule has 0 N–H and O–H groups in total. The SMILES string of the molecule is C=CCn1cccc1C(=O)CN1CCC(C=CCN2Cc3ccccc3C2=O)CC1. The van der Waals surface area contributed by atoms with Gasteiger partial charge >= 0.3 is 0 Å². The molecule has 0 saturated carbocycles. The number of hydrogen-bond donors (Lipinski definition) is 0. The van der Waals surface area contributed by atoms with Gasteiger partial charge in [0.15, 0.2) is 5.78 Å². The molecule has 0 spiro atoms. The van der Waals surface area contributed by atoms with Crippen molar-refractivity contribution in [3.05, 3.63) is 84.2 Å². The molecule has 3 heterocycles. The Balaban J connectivity index is 1.22. The highest BCUT2D eigenvalue weighted by atomic mass is 16.2. The maximum absolute atomic E-state index is 12.6. The molecule has 0 aliphatic carbocycles. The number of nitrogens with zero attached hydrogens (tertiary/aromatic N) is 3. The summed E-state index contributed by atoms with van der Waals surface area (Å²) < 4.78 is 1.95. The van der Waals surface area contributed by atoms with Gasteiger partial charge in [-0.25, -0.2) is 0 Å². The zero-order chi connectivity index (χ0) is 20.9. The number of amides is 1. The van der Waals surface area contributed by atoms with E-state index in [1.54, 1.807) is 0 Å². The predicted molar refractivity (Wildman–Crippen MR) is 118 cm³/mol. The number of Topliss-reactive ketones (excluding diaryl/α,β-unsaturated/α-hetero) is 1. The van der Waals surface area contributed by atoms with Crippen LogP contribution in [0.2, 0.25) is 0 Å². The van der Waals surface area contributed by atoms with E-state index in [0.29, 0.717) is 32.1 Å². The maximum atomic E-state index is 12.6. The first kappa shape index (κ1) is 20.4. The fourth-order valence-electron chi connectivity index (χ4n) is 4.40. The van der Waals surface area contributed by atoms with E-state index in [1.165, 1.54) is 0 Å². The van der Waals surface area contributed by atoms with Gasteiger partial charge in [0.2, 0.25) is 0 Å². The Morgan fingerprint density at radius 3 is 2.67 bits per heavy atom. The van der Waals surface area contributed by atoms with Crippen molar-refractivity contribution in [3.63, 3.8) is 0 Å². The molecular formula is C25H29N3O2.